The van der Waals surface area contributed by atoms with Crippen LogP contribution in [0.3, 0.4) is 0 Å². The third-order valence-electron chi connectivity index (χ3n) is 6.35. The van der Waals surface area contributed by atoms with Gasteiger partial charge >= 0.3 is 6.09 Å². The monoisotopic (exact) mass is 560 g/mol. The molecule has 2 fully saturated rings. The Balaban J connectivity index is 1.52. The van der Waals surface area contributed by atoms with Crippen molar-refractivity contribution in [3.63, 3.8) is 0 Å². The van der Waals surface area contributed by atoms with E-state index in [0.29, 0.717) is 72.6 Å². The summed E-state index contributed by atoms with van der Waals surface area (Å²) in [5.41, 5.74) is 0.857. The molecular weight excluding hydrogens is 528 g/mol. The number of rotatable bonds is 5. The molecule has 204 valence electrons. The fraction of sp³-hybridized carbons (Fsp3) is 0.538. The number of methoxy groups -OCH3 is 1. The van der Waals surface area contributed by atoms with Gasteiger partial charge in [0, 0.05) is 32.2 Å². The van der Waals surface area contributed by atoms with E-state index >= 15 is 0 Å². The molecule has 10 nitrogen and oxygen atoms in total. The third-order valence-corrected chi connectivity index (χ3v) is 7.69. The number of carbonyl (C=O) groups is 1. The van der Waals surface area contributed by atoms with E-state index in [1.807, 2.05) is 39.0 Å². The Bertz CT molecular complexity index is 1310. The summed E-state index contributed by atoms with van der Waals surface area (Å²) in [5, 5.41) is 4.90. The molecule has 4 heterocycles. The van der Waals surface area contributed by atoms with E-state index in [9.17, 15) is 4.79 Å². The van der Waals surface area contributed by atoms with Crippen LogP contribution in [-0.4, -0.2) is 84.1 Å². The van der Waals surface area contributed by atoms with Crippen LogP contribution < -0.4 is 15.0 Å². The molecule has 0 spiro atoms. The summed E-state index contributed by atoms with van der Waals surface area (Å²) in [6.45, 7) is 9.38. The first-order chi connectivity index (χ1) is 18.2. The summed E-state index contributed by atoms with van der Waals surface area (Å²) in [6, 6.07) is 5.69. The van der Waals surface area contributed by atoms with E-state index in [-0.39, 0.29) is 12.1 Å². The largest absolute Gasteiger partial charge is 0.480 e. The lowest BCUT2D eigenvalue weighted by atomic mass is 10.1. The zero-order valence-corrected chi connectivity index (χ0v) is 23.7. The highest BCUT2D eigenvalue weighted by atomic mass is 35.5. The Morgan fingerprint density at radius 3 is 2.68 bits per heavy atom. The quantitative estimate of drug-likeness (QED) is 0.458. The van der Waals surface area contributed by atoms with Crippen LogP contribution in [0.15, 0.2) is 18.2 Å². The average Bonchev–Trinajstić information content (AvgIpc) is 3.33. The zero-order valence-electron chi connectivity index (χ0n) is 22.1. The maximum atomic E-state index is 12.8. The number of fused-ring (bicyclic) bond motifs is 1. The number of amides is 1. The van der Waals surface area contributed by atoms with Gasteiger partial charge in [0.25, 0.3) is 0 Å². The molecule has 1 atom stereocenters. The number of nitrogens with zero attached hydrogens (tertiary/aromatic N) is 5. The van der Waals surface area contributed by atoms with E-state index in [1.54, 1.807) is 12.0 Å². The Labute approximate surface area is 231 Å². The van der Waals surface area contributed by atoms with Crippen molar-refractivity contribution < 1.29 is 19.0 Å². The molecule has 0 radical (unpaired) electrons. The second-order valence-electron chi connectivity index (χ2n) is 10.4. The first-order valence-electron chi connectivity index (χ1n) is 12.8. The number of hydrogen-bond donors (Lipinski definition) is 1. The van der Waals surface area contributed by atoms with Gasteiger partial charge in [0.1, 0.15) is 27.5 Å². The summed E-state index contributed by atoms with van der Waals surface area (Å²) in [4.78, 5) is 31.2. The summed E-state index contributed by atoms with van der Waals surface area (Å²) < 4.78 is 17.9. The van der Waals surface area contributed by atoms with Gasteiger partial charge in [-0.25, -0.2) is 9.78 Å². The predicted molar refractivity (Wildman–Crippen MR) is 150 cm³/mol. The van der Waals surface area contributed by atoms with Crippen molar-refractivity contribution in [1.29, 1.82) is 0 Å². The lowest BCUT2D eigenvalue weighted by Gasteiger charge is -2.35. The number of morpholine rings is 1. The van der Waals surface area contributed by atoms with Gasteiger partial charge in [-0.1, -0.05) is 17.7 Å². The minimum atomic E-state index is -0.550. The van der Waals surface area contributed by atoms with Gasteiger partial charge in [-0.05, 0) is 45.7 Å². The number of halogens is 1. The highest BCUT2D eigenvalue weighted by Gasteiger charge is 2.30. The number of aromatic nitrogens is 3. The molecule has 1 N–H and O–H groups in total. The topological polar surface area (TPSA) is 102 Å². The second kappa shape index (κ2) is 11.1. The molecule has 2 aliphatic heterocycles. The van der Waals surface area contributed by atoms with Crippen LogP contribution in [0, 0.1) is 0 Å². The second-order valence-corrected chi connectivity index (χ2v) is 11.8. The zero-order chi connectivity index (χ0) is 26.9. The molecule has 1 amide bonds. The maximum absolute atomic E-state index is 12.8. The van der Waals surface area contributed by atoms with Gasteiger partial charge < -0.3 is 29.3 Å². The Hall–Kier alpha value is -2.89. The molecule has 3 aromatic rings. The van der Waals surface area contributed by atoms with Gasteiger partial charge in [0.15, 0.2) is 0 Å². The molecule has 2 aliphatic rings. The van der Waals surface area contributed by atoms with Crippen LogP contribution in [0.4, 0.5) is 16.6 Å². The van der Waals surface area contributed by atoms with Crippen LogP contribution >= 0.6 is 22.9 Å². The molecular formula is C26H33ClN6O4S. The molecule has 0 saturated carbocycles. The number of nitrogens with one attached hydrogen (secondary N) is 1. The molecule has 12 heteroatoms. The standard InChI is InChI=1S/C26H33ClN6O4S/c1-26(2,3)37-25(34)33-10-6-7-16(15-33)28-21-19(23-29-20-17(27)8-5-9-18(20)38-23)22(35-4)31-24(30-21)32-11-13-36-14-12-32/h5,8-9,16H,6-7,10-15H2,1-4H3,(H,28,30,31). The van der Waals surface area contributed by atoms with Crippen LogP contribution in [0.2, 0.25) is 5.02 Å². The lowest BCUT2D eigenvalue weighted by Crippen LogP contribution is -2.47. The number of benzene rings is 1. The molecule has 1 unspecified atom stereocenters. The molecule has 1 aromatic carbocycles. The van der Waals surface area contributed by atoms with Crippen molar-refractivity contribution in [1.82, 2.24) is 19.9 Å². The average molecular weight is 561 g/mol. The highest BCUT2D eigenvalue weighted by molar-refractivity contribution is 7.21. The van der Waals surface area contributed by atoms with Crippen molar-refractivity contribution in [3.8, 4) is 16.5 Å². The van der Waals surface area contributed by atoms with Crippen LogP contribution in [0.1, 0.15) is 33.6 Å². The normalized spacial score (nSPS) is 18.5. The van der Waals surface area contributed by atoms with Crippen LogP contribution in [-0.2, 0) is 9.47 Å². The first kappa shape index (κ1) is 26.7. The number of likely N-dealkylation sites (tertiary alicyclic amines) is 1. The maximum Gasteiger partial charge on any atom is 0.410 e. The minimum absolute atomic E-state index is 0.0369. The SMILES string of the molecule is COc1nc(N2CCOCC2)nc(NC2CCCN(C(=O)OC(C)(C)C)C2)c1-c1nc2c(Cl)cccc2s1. The van der Waals surface area contributed by atoms with Gasteiger partial charge in [-0.15, -0.1) is 11.3 Å². The van der Waals surface area contributed by atoms with Crippen molar-refractivity contribution in [2.24, 2.45) is 0 Å². The molecule has 2 aromatic heterocycles. The third kappa shape index (κ3) is 5.89. The highest BCUT2D eigenvalue weighted by Crippen LogP contribution is 2.42. The smallest absolute Gasteiger partial charge is 0.410 e. The number of carbonyl (C=O) groups excluding carboxylic acids is 1. The van der Waals surface area contributed by atoms with Gasteiger partial charge in [-0.2, -0.15) is 9.97 Å². The van der Waals surface area contributed by atoms with E-state index in [1.165, 1.54) is 11.3 Å². The molecule has 5 rings (SSSR count). The molecule has 0 bridgehead atoms. The number of piperidine rings is 1. The van der Waals surface area contributed by atoms with Crippen molar-refractivity contribution in [2.45, 2.75) is 45.3 Å². The van der Waals surface area contributed by atoms with Gasteiger partial charge in [-0.3, -0.25) is 0 Å². The van der Waals surface area contributed by atoms with Crippen molar-refractivity contribution >= 4 is 51.0 Å². The summed E-state index contributed by atoms with van der Waals surface area (Å²) in [5.74, 6) is 1.61. The number of hydrogen-bond acceptors (Lipinski definition) is 10. The van der Waals surface area contributed by atoms with E-state index in [4.69, 9.17) is 40.8 Å². The van der Waals surface area contributed by atoms with Gasteiger partial charge in [0.05, 0.1) is 30.0 Å². The molecule has 0 aliphatic carbocycles. The lowest BCUT2D eigenvalue weighted by molar-refractivity contribution is 0.0206. The van der Waals surface area contributed by atoms with Crippen molar-refractivity contribution in [3.05, 3.63) is 23.2 Å². The minimum Gasteiger partial charge on any atom is -0.480 e. The van der Waals surface area contributed by atoms with Crippen LogP contribution in [0.5, 0.6) is 5.88 Å². The number of ether oxygens (including phenoxy) is 3. The van der Waals surface area contributed by atoms with E-state index < -0.39 is 5.60 Å². The summed E-state index contributed by atoms with van der Waals surface area (Å²) in [6.07, 6.45) is 1.42. The predicted octanol–water partition coefficient (Wildman–Crippen LogP) is 5.06. The Morgan fingerprint density at radius 2 is 1.97 bits per heavy atom. The first-order valence-corrected chi connectivity index (χ1v) is 14.0. The molecule has 2 saturated heterocycles. The summed E-state index contributed by atoms with van der Waals surface area (Å²) in [7, 11) is 1.60. The number of thiazole rings is 1. The van der Waals surface area contributed by atoms with E-state index in [0.717, 1.165) is 23.1 Å². The molecule has 38 heavy (non-hydrogen) atoms. The van der Waals surface area contributed by atoms with Crippen molar-refractivity contribution in [2.75, 3.05) is 56.7 Å². The number of anilines is 2. The van der Waals surface area contributed by atoms with Gasteiger partial charge in [0.2, 0.25) is 11.8 Å². The fourth-order valence-corrected chi connectivity index (χ4v) is 5.88. The Morgan fingerprint density at radius 1 is 1.18 bits per heavy atom. The van der Waals surface area contributed by atoms with Crippen LogP contribution in [0.25, 0.3) is 20.8 Å². The fourth-order valence-electron chi connectivity index (χ4n) is 4.58. The van der Waals surface area contributed by atoms with E-state index in [2.05, 4.69) is 10.2 Å². The number of para-hydroxylation sites is 1. The summed E-state index contributed by atoms with van der Waals surface area (Å²) >= 11 is 7.95. The Kier molecular flexibility index (Phi) is 7.78.